The third-order valence-electron chi connectivity index (χ3n) is 6.01. The van der Waals surface area contributed by atoms with Crippen molar-refractivity contribution in [3.05, 3.63) is 65.2 Å². The molecule has 0 radical (unpaired) electrons. The average Bonchev–Trinajstić information content (AvgIpc) is 3.49. The van der Waals surface area contributed by atoms with Gasteiger partial charge in [0.1, 0.15) is 0 Å². The molecule has 2 aliphatic rings. The number of nitrogens with one attached hydrogen (secondary N) is 2. The number of amides is 1. The van der Waals surface area contributed by atoms with Gasteiger partial charge in [0.25, 0.3) is 5.91 Å². The Morgan fingerprint density at radius 1 is 1.00 bits per heavy atom. The van der Waals surface area contributed by atoms with Gasteiger partial charge in [-0.3, -0.25) is 4.79 Å². The summed E-state index contributed by atoms with van der Waals surface area (Å²) in [6.07, 6.45) is -2.74. The van der Waals surface area contributed by atoms with Crippen LogP contribution in [0, 0.1) is 0 Å². The fourth-order valence-corrected chi connectivity index (χ4v) is 4.11. The van der Waals surface area contributed by atoms with Crippen LogP contribution in [0.1, 0.15) is 59.5 Å². The molecule has 8 heteroatoms. The Balaban J connectivity index is 1.31. The van der Waals surface area contributed by atoms with Crippen LogP contribution < -0.4 is 10.6 Å². The maximum absolute atomic E-state index is 13.3. The molecule has 2 atom stereocenters. The lowest BCUT2D eigenvalue weighted by atomic mass is 9.92. The van der Waals surface area contributed by atoms with Gasteiger partial charge in [-0.25, -0.2) is 8.78 Å². The van der Waals surface area contributed by atoms with Crippen molar-refractivity contribution in [1.29, 1.82) is 0 Å². The van der Waals surface area contributed by atoms with Crippen LogP contribution in [0.25, 0.3) is 0 Å². The summed E-state index contributed by atoms with van der Waals surface area (Å²) in [7, 11) is 0. The highest BCUT2D eigenvalue weighted by molar-refractivity contribution is 6.04. The number of anilines is 1. The van der Waals surface area contributed by atoms with Crippen LogP contribution in [0.2, 0.25) is 0 Å². The monoisotopic (exact) mass is 438 g/mol. The summed E-state index contributed by atoms with van der Waals surface area (Å²) >= 11 is 0. The van der Waals surface area contributed by atoms with E-state index in [9.17, 15) is 26.7 Å². The van der Waals surface area contributed by atoms with Gasteiger partial charge in [-0.15, -0.1) is 0 Å². The lowest BCUT2D eigenvalue weighted by Gasteiger charge is -2.29. The predicted molar refractivity (Wildman–Crippen MR) is 107 cm³/mol. The second kappa shape index (κ2) is 8.22. The summed E-state index contributed by atoms with van der Waals surface area (Å²) in [6, 6.07) is 11.9. The zero-order valence-electron chi connectivity index (χ0n) is 16.7. The molecule has 0 heterocycles. The summed E-state index contributed by atoms with van der Waals surface area (Å²) in [5.74, 6) is -2.84. The third kappa shape index (κ3) is 5.42. The molecular formula is C23H23F5N2O. The molecule has 0 spiro atoms. The van der Waals surface area contributed by atoms with E-state index in [1.54, 1.807) is 12.1 Å². The minimum atomic E-state index is -4.51. The molecule has 31 heavy (non-hydrogen) atoms. The first kappa shape index (κ1) is 21.7. The van der Waals surface area contributed by atoms with E-state index in [-0.39, 0.29) is 30.5 Å². The largest absolute Gasteiger partial charge is 0.416 e. The lowest BCUT2D eigenvalue weighted by molar-refractivity contribution is -0.137. The molecule has 166 valence electrons. The molecule has 2 aromatic carbocycles. The SMILES string of the molecule is O=C(Nc1ccc(C2CC2NC2CCC(F)(F)CC2)cc1)c1cccc(C(F)(F)F)c1. The number of hydrogen-bond acceptors (Lipinski definition) is 2. The van der Waals surface area contributed by atoms with Crippen LogP contribution in [0.3, 0.4) is 0 Å². The Morgan fingerprint density at radius 2 is 1.68 bits per heavy atom. The van der Waals surface area contributed by atoms with E-state index in [4.69, 9.17) is 0 Å². The van der Waals surface area contributed by atoms with Crippen molar-refractivity contribution in [2.45, 2.75) is 62.2 Å². The average molecular weight is 438 g/mol. The van der Waals surface area contributed by atoms with Crippen molar-refractivity contribution < 1.29 is 26.7 Å². The zero-order chi connectivity index (χ0) is 22.2. The number of rotatable bonds is 5. The Labute approximate surface area is 177 Å². The van der Waals surface area contributed by atoms with E-state index >= 15 is 0 Å². The van der Waals surface area contributed by atoms with Crippen LogP contribution in [-0.2, 0) is 6.18 Å². The number of hydrogen-bond donors (Lipinski definition) is 2. The van der Waals surface area contributed by atoms with Gasteiger partial charge in [0.05, 0.1) is 5.56 Å². The fourth-order valence-electron chi connectivity index (χ4n) is 4.11. The highest BCUT2D eigenvalue weighted by Crippen LogP contribution is 2.43. The highest BCUT2D eigenvalue weighted by Gasteiger charge is 2.42. The maximum Gasteiger partial charge on any atom is 0.416 e. The summed E-state index contributed by atoms with van der Waals surface area (Å²) in [6.45, 7) is 0. The minimum Gasteiger partial charge on any atom is -0.322 e. The molecule has 1 amide bonds. The number of halogens is 5. The first-order valence-corrected chi connectivity index (χ1v) is 10.3. The molecule has 2 aliphatic carbocycles. The third-order valence-corrected chi connectivity index (χ3v) is 6.01. The molecule has 2 N–H and O–H groups in total. The lowest BCUT2D eigenvalue weighted by Crippen LogP contribution is -2.38. The molecule has 4 rings (SSSR count). The van der Waals surface area contributed by atoms with E-state index in [0.29, 0.717) is 24.4 Å². The van der Waals surface area contributed by atoms with Gasteiger partial charge in [0.15, 0.2) is 0 Å². The Morgan fingerprint density at radius 3 is 2.32 bits per heavy atom. The van der Waals surface area contributed by atoms with E-state index in [2.05, 4.69) is 10.6 Å². The van der Waals surface area contributed by atoms with Crippen molar-refractivity contribution in [1.82, 2.24) is 5.32 Å². The summed E-state index contributed by atoms with van der Waals surface area (Å²) in [5.41, 5.74) is 0.634. The Bertz CT molecular complexity index is 932. The number of alkyl halides is 5. The van der Waals surface area contributed by atoms with Gasteiger partial charge >= 0.3 is 6.18 Å². The molecule has 3 nitrogen and oxygen atoms in total. The standard InChI is InChI=1S/C23H23F5N2O/c24-22(25)10-8-18(9-11-22)29-20-13-19(20)14-4-6-17(7-5-14)30-21(31)15-2-1-3-16(12-15)23(26,27)28/h1-7,12,18-20,29H,8-11,13H2,(H,30,31). The molecule has 0 aliphatic heterocycles. The number of benzene rings is 2. The van der Waals surface area contributed by atoms with Crippen LogP contribution >= 0.6 is 0 Å². The number of carbonyl (C=O) groups is 1. The predicted octanol–water partition coefficient (Wildman–Crippen LogP) is 5.98. The van der Waals surface area contributed by atoms with Crippen molar-refractivity contribution >= 4 is 11.6 Å². The maximum atomic E-state index is 13.3. The van der Waals surface area contributed by atoms with Crippen LogP contribution in [0.15, 0.2) is 48.5 Å². The fraction of sp³-hybridized carbons (Fsp3) is 0.435. The van der Waals surface area contributed by atoms with Crippen LogP contribution in [-0.4, -0.2) is 23.9 Å². The van der Waals surface area contributed by atoms with Gasteiger partial charge in [-0.1, -0.05) is 18.2 Å². The minimum absolute atomic E-state index is 0.0663. The number of carbonyl (C=O) groups excluding carboxylic acids is 1. The highest BCUT2D eigenvalue weighted by atomic mass is 19.4. The van der Waals surface area contributed by atoms with Crippen molar-refractivity contribution in [3.8, 4) is 0 Å². The van der Waals surface area contributed by atoms with Crippen LogP contribution in [0.5, 0.6) is 0 Å². The van der Waals surface area contributed by atoms with Crippen molar-refractivity contribution in [2.75, 3.05) is 5.32 Å². The van der Waals surface area contributed by atoms with Gasteiger partial charge in [0, 0.05) is 42.1 Å². The Kier molecular flexibility index (Phi) is 5.77. The second-order valence-corrected chi connectivity index (χ2v) is 8.40. The van der Waals surface area contributed by atoms with Crippen molar-refractivity contribution in [3.63, 3.8) is 0 Å². The van der Waals surface area contributed by atoms with Crippen LogP contribution in [0.4, 0.5) is 27.6 Å². The normalized spacial score (nSPS) is 23.4. The quantitative estimate of drug-likeness (QED) is 0.564. The van der Waals surface area contributed by atoms with E-state index in [0.717, 1.165) is 24.1 Å². The molecule has 0 saturated heterocycles. The molecule has 0 aromatic heterocycles. The molecule has 2 fully saturated rings. The Hall–Kier alpha value is -2.48. The smallest absolute Gasteiger partial charge is 0.322 e. The van der Waals surface area contributed by atoms with E-state index in [1.807, 2.05) is 12.1 Å². The van der Waals surface area contributed by atoms with Gasteiger partial charge < -0.3 is 10.6 Å². The van der Waals surface area contributed by atoms with E-state index < -0.39 is 23.6 Å². The van der Waals surface area contributed by atoms with Crippen molar-refractivity contribution in [2.24, 2.45) is 0 Å². The molecular weight excluding hydrogens is 415 g/mol. The van der Waals surface area contributed by atoms with Gasteiger partial charge in [0.2, 0.25) is 5.92 Å². The molecule has 2 aromatic rings. The van der Waals surface area contributed by atoms with Gasteiger partial charge in [-0.2, -0.15) is 13.2 Å². The second-order valence-electron chi connectivity index (χ2n) is 8.40. The summed E-state index contributed by atoms with van der Waals surface area (Å²) in [4.78, 5) is 12.3. The molecule has 2 saturated carbocycles. The van der Waals surface area contributed by atoms with Gasteiger partial charge in [-0.05, 0) is 55.2 Å². The summed E-state index contributed by atoms with van der Waals surface area (Å²) < 4.78 is 65.0. The first-order chi connectivity index (χ1) is 14.6. The molecule has 2 unspecified atom stereocenters. The van der Waals surface area contributed by atoms with E-state index in [1.165, 1.54) is 12.1 Å². The summed E-state index contributed by atoms with van der Waals surface area (Å²) in [5, 5.41) is 6.08. The first-order valence-electron chi connectivity index (χ1n) is 10.3. The topological polar surface area (TPSA) is 41.1 Å². The molecule has 0 bridgehead atoms. The zero-order valence-corrected chi connectivity index (χ0v) is 16.7.